The number of hydrogen-bond donors (Lipinski definition) is 3. The van der Waals surface area contributed by atoms with E-state index in [4.69, 9.17) is 4.74 Å². The number of H-pyrrole nitrogens is 1. The van der Waals surface area contributed by atoms with Crippen LogP contribution in [0, 0.1) is 5.92 Å². The Hall–Kier alpha value is -3.42. The lowest BCUT2D eigenvalue weighted by atomic mass is 10.1. The van der Waals surface area contributed by atoms with Crippen molar-refractivity contribution in [2.24, 2.45) is 5.92 Å². The number of esters is 1. The predicted molar refractivity (Wildman–Crippen MR) is 106 cm³/mol. The molecule has 2 atom stereocenters. The zero-order chi connectivity index (χ0) is 20.0. The molecule has 2 amide bonds. The maximum atomic E-state index is 12.5. The number of fused-ring (bicyclic) bond motifs is 1. The van der Waals surface area contributed by atoms with E-state index < -0.39 is 0 Å². The smallest absolute Gasteiger partial charge is 0.321 e. The van der Waals surface area contributed by atoms with Crippen LogP contribution in [0.2, 0.25) is 0 Å². The Bertz CT molecular complexity index is 1090. The fraction of sp³-hybridized carbons (Fsp3) is 0.333. The Morgan fingerprint density at radius 1 is 1.24 bits per heavy atom. The summed E-state index contributed by atoms with van der Waals surface area (Å²) in [5.41, 5.74) is 2.41. The molecule has 2 aliphatic rings. The highest BCUT2D eigenvalue weighted by atomic mass is 16.5. The van der Waals surface area contributed by atoms with Crippen molar-refractivity contribution in [3.63, 3.8) is 0 Å². The van der Waals surface area contributed by atoms with E-state index in [2.05, 4.69) is 25.8 Å². The van der Waals surface area contributed by atoms with Gasteiger partial charge in [-0.15, -0.1) is 0 Å². The number of methoxy groups -OCH3 is 1. The van der Waals surface area contributed by atoms with Gasteiger partial charge in [-0.05, 0) is 24.8 Å². The Kier molecular flexibility index (Phi) is 4.01. The molecule has 8 heteroatoms. The number of aromatic amines is 1. The SMILES string of the molecule is COC(=O)C1CC1c1[nH]nc2cc(NC(=O)NC3(c4ccccc4)CC3)ncc12. The lowest BCUT2D eigenvalue weighted by Gasteiger charge is -2.18. The van der Waals surface area contributed by atoms with Gasteiger partial charge in [0.2, 0.25) is 0 Å². The lowest BCUT2D eigenvalue weighted by molar-refractivity contribution is -0.142. The zero-order valence-corrected chi connectivity index (χ0v) is 15.9. The van der Waals surface area contributed by atoms with Crippen molar-refractivity contribution in [2.45, 2.75) is 30.7 Å². The van der Waals surface area contributed by atoms with E-state index >= 15 is 0 Å². The molecule has 2 fully saturated rings. The molecule has 2 aliphatic carbocycles. The fourth-order valence-corrected chi connectivity index (χ4v) is 3.94. The summed E-state index contributed by atoms with van der Waals surface area (Å²) in [7, 11) is 1.40. The standard InChI is InChI=1S/C21H21N5O3/c1-29-19(27)14-9-13(14)18-15-11-22-17(10-16(15)25-26-18)23-20(28)24-21(7-8-21)12-5-3-2-4-6-12/h2-6,10-11,13-14H,7-9H2,1H3,(H,25,26)(H2,22,23,24,28). The minimum absolute atomic E-state index is 0.0805. The van der Waals surface area contributed by atoms with Gasteiger partial charge in [0.1, 0.15) is 5.82 Å². The van der Waals surface area contributed by atoms with Crippen molar-refractivity contribution in [1.29, 1.82) is 0 Å². The molecule has 3 N–H and O–H groups in total. The van der Waals surface area contributed by atoms with E-state index in [9.17, 15) is 9.59 Å². The molecule has 1 aromatic carbocycles. The molecule has 2 heterocycles. The maximum Gasteiger partial charge on any atom is 0.321 e. The number of pyridine rings is 1. The van der Waals surface area contributed by atoms with Crippen LogP contribution in [0.1, 0.15) is 36.4 Å². The normalized spacial score (nSPS) is 21.4. The zero-order valence-electron chi connectivity index (χ0n) is 15.9. The van der Waals surface area contributed by atoms with Gasteiger partial charge in [-0.2, -0.15) is 5.10 Å². The first-order valence-electron chi connectivity index (χ1n) is 9.66. The monoisotopic (exact) mass is 391 g/mol. The van der Waals surface area contributed by atoms with Crippen LogP contribution in [0.5, 0.6) is 0 Å². The number of ether oxygens (including phenoxy) is 1. The van der Waals surface area contributed by atoms with Gasteiger partial charge in [0.05, 0.1) is 24.1 Å². The second-order valence-corrected chi connectivity index (χ2v) is 7.72. The van der Waals surface area contributed by atoms with E-state index in [1.807, 2.05) is 30.3 Å². The minimum Gasteiger partial charge on any atom is -0.469 e. The predicted octanol–water partition coefficient (Wildman–Crippen LogP) is 3.05. The van der Waals surface area contributed by atoms with E-state index in [0.717, 1.165) is 35.9 Å². The molecule has 0 saturated heterocycles. The number of anilines is 1. The number of benzene rings is 1. The molecular formula is C21H21N5O3. The van der Waals surface area contributed by atoms with Crippen LogP contribution in [0.15, 0.2) is 42.6 Å². The van der Waals surface area contributed by atoms with Gasteiger partial charge in [-0.25, -0.2) is 9.78 Å². The first-order chi connectivity index (χ1) is 14.1. The van der Waals surface area contributed by atoms with Crippen molar-refractivity contribution in [1.82, 2.24) is 20.5 Å². The fourth-order valence-electron chi connectivity index (χ4n) is 3.94. The minimum atomic E-state index is -0.290. The molecule has 0 radical (unpaired) electrons. The number of rotatable bonds is 5. The van der Waals surface area contributed by atoms with Crippen molar-refractivity contribution < 1.29 is 14.3 Å². The molecule has 2 saturated carbocycles. The number of nitrogens with zero attached hydrogens (tertiary/aromatic N) is 2. The van der Waals surface area contributed by atoms with Gasteiger partial charge < -0.3 is 10.1 Å². The largest absolute Gasteiger partial charge is 0.469 e. The van der Waals surface area contributed by atoms with E-state index in [1.165, 1.54) is 7.11 Å². The number of urea groups is 1. The summed E-state index contributed by atoms with van der Waals surface area (Å²) in [6.45, 7) is 0. The van der Waals surface area contributed by atoms with Crippen LogP contribution < -0.4 is 10.6 Å². The second-order valence-electron chi connectivity index (χ2n) is 7.72. The number of carbonyl (C=O) groups is 2. The maximum absolute atomic E-state index is 12.5. The van der Waals surface area contributed by atoms with Crippen LogP contribution in [0.3, 0.4) is 0 Å². The van der Waals surface area contributed by atoms with E-state index in [-0.39, 0.29) is 29.4 Å². The first-order valence-corrected chi connectivity index (χ1v) is 9.66. The number of aromatic nitrogens is 3. The summed E-state index contributed by atoms with van der Waals surface area (Å²) in [5.74, 6) is 0.183. The number of carbonyl (C=O) groups excluding carboxylic acids is 2. The molecule has 2 unspecified atom stereocenters. The van der Waals surface area contributed by atoms with Gasteiger partial charge in [-0.3, -0.25) is 15.2 Å². The second kappa shape index (κ2) is 6.58. The highest BCUT2D eigenvalue weighted by Crippen LogP contribution is 2.49. The van der Waals surface area contributed by atoms with Gasteiger partial charge in [0.15, 0.2) is 0 Å². The molecular weight excluding hydrogens is 370 g/mol. The molecule has 2 aromatic heterocycles. The highest BCUT2D eigenvalue weighted by Gasteiger charge is 2.47. The van der Waals surface area contributed by atoms with Crippen molar-refractivity contribution in [3.8, 4) is 0 Å². The molecule has 148 valence electrons. The summed E-state index contributed by atoms with van der Waals surface area (Å²) in [5, 5.41) is 14.0. The van der Waals surface area contributed by atoms with E-state index in [0.29, 0.717) is 11.3 Å². The number of amides is 2. The van der Waals surface area contributed by atoms with Gasteiger partial charge in [0, 0.05) is 29.3 Å². The average Bonchev–Trinajstić information content (AvgIpc) is 3.66. The van der Waals surface area contributed by atoms with Crippen molar-refractivity contribution in [2.75, 3.05) is 12.4 Å². The van der Waals surface area contributed by atoms with Gasteiger partial charge in [0.25, 0.3) is 0 Å². The average molecular weight is 391 g/mol. The Morgan fingerprint density at radius 3 is 2.76 bits per heavy atom. The quantitative estimate of drug-likeness (QED) is 0.579. The summed E-state index contributed by atoms with van der Waals surface area (Å²) >= 11 is 0. The van der Waals surface area contributed by atoms with Gasteiger partial charge in [-0.1, -0.05) is 30.3 Å². The summed E-state index contributed by atoms with van der Waals surface area (Å²) in [6, 6.07) is 11.4. The van der Waals surface area contributed by atoms with Crippen LogP contribution in [-0.4, -0.2) is 34.3 Å². The summed E-state index contributed by atoms with van der Waals surface area (Å²) in [4.78, 5) is 28.6. The van der Waals surface area contributed by atoms with Crippen molar-refractivity contribution >= 4 is 28.7 Å². The molecule has 29 heavy (non-hydrogen) atoms. The Balaban J connectivity index is 1.28. The molecule has 0 spiro atoms. The molecule has 8 nitrogen and oxygen atoms in total. The number of hydrogen-bond acceptors (Lipinski definition) is 5. The topological polar surface area (TPSA) is 109 Å². The highest BCUT2D eigenvalue weighted by molar-refractivity contribution is 5.92. The third-order valence-electron chi connectivity index (χ3n) is 5.81. The lowest BCUT2D eigenvalue weighted by Crippen LogP contribution is -2.38. The van der Waals surface area contributed by atoms with Crippen molar-refractivity contribution in [3.05, 3.63) is 53.9 Å². The Morgan fingerprint density at radius 2 is 2.03 bits per heavy atom. The Labute approximate surface area is 167 Å². The van der Waals surface area contributed by atoms with Crippen LogP contribution in [-0.2, 0) is 15.1 Å². The number of nitrogens with one attached hydrogen (secondary N) is 3. The van der Waals surface area contributed by atoms with E-state index in [1.54, 1.807) is 12.3 Å². The van der Waals surface area contributed by atoms with Gasteiger partial charge >= 0.3 is 12.0 Å². The van der Waals surface area contributed by atoms with Crippen LogP contribution >= 0.6 is 0 Å². The summed E-state index contributed by atoms with van der Waals surface area (Å²) in [6.07, 6.45) is 4.26. The molecule has 0 bridgehead atoms. The first kappa shape index (κ1) is 17.7. The summed E-state index contributed by atoms with van der Waals surface area (Å²) < 4.78 is 4.81. The molecule has 5 rings (SSSR count). The van der Waals surface area contributed by atoms with Crippen LogP contribution in [0.4, 0.5) is 10.6 Å². The molecule has 3 aromatic rings. The van der Waals surface area contributed by atoms with Crippen LogP contribution in [0.25, 0.3) is 10.9 Å². The molecule has 0 aliphatic heterocycles. The third-order valence-corrected chi connectivity index (χ3v) is 5.81. The third kappa shape index (κ3) is 3.20.